The van der Waals surface area contributed by atoms with Crippen molar-refractivity contribution in [3.8, 4) is 0 Å². The van der Waals surface area contributed by atoms with Crippen LogP contribution in [0.4, 0.5) is 0 Å². The number of aryl methyl sites for hydroxylation is 1. The standard InChI is InChI=1S/C13H16O.C2H4/c1-4-7-12(3)14-10-13-9-6-5-8-11(13)2;1-2/h4-9H,3,10H2,1-2H3;1-2H2/b7-4-;. The molecule has 1 aromatic carbocycles. The van der Waals surface area contributed by atoms with E-state index in [1.807, 2.05) is 31.2 Å². The van der Waals surface area contributed by atoms with Crippen LogP contribution in [0.1, 0.15) is 18.1 Å². The molecule has 0 spiro atoms. The van der Waals surface area contributed by atoms with Gasteiger partial charge in [0.05, 0.1) is 0 Å². The second-order valence-electron chi connectivity index (χ2n) is 3.18. The van der Waals surface area contributed by atoms with Gasteiger partial charge in [0.15, 0.2) is 0 Å². The molecule has 0 aromatic heterocycles. The zero-order chi connectivity index (χ0) is 12.4. The molecular formula is C15H20O. The van der Waals surface area contributed by atoms with E-state index in [0.717, 1.165) is 0 Å². The van der Waals surface area contributed by atoms with Crippen molar-refractivity contribution in [1.29, 1.82) is 0 Å². The Balaban J connectivity index is 0.00000106. The molecule has 1 nitrogen and oxygen atoms in total. The van der Waals surface area contributed by atoms with Gasteiger partial charge in [-0.1, -0.05) is 36.9 Å². The summed E-state index contributed by atoms with van der Waals surface area (Å²) in [6.07, 6.45) is 3.78. The Morgan fingerprint density at radius 1 is 1.31 bits per heavy atom. The highest BCUT2D eigenvalue weighted by Gasteiger charge is 1.96. The summed E-state index contributed by atoms with van der Waals surface area (Å²) in [5, 5.41) is 0. The number of allylic oxidation sites excluding steroid dienone is 2. The summed E-state index contributed by atoms with van der Waals surface area (Å²) in [6.45, 7) is 14.4. The molecule has 0 amide bonds. The molecule has 0 fully saturated rings. The number of hydrogen-bond acceptors (Lipinski definition) is 1. The van der Waals surface area contributed by atoms with Crippen LogP contribution in [0.2, 0.25) is 0 Å². The van der Waals surface area contributed by atoms with Crippen molar-refractivity contribution in [2.75, 3.05) is 0 Å². The Labute approximate surface area is 98.8 Å². The molecule has 0 aliphatic carbocycles. The Kier molecular flexibility index (Phi) is 7.60. The monoisotopic (exact) mass is 216 g/mol. The van der Waals surface area contributed by atoms with Gasteiger partial charge in [0.1, 0.15) is 12.4 Å². The average Bonchev–Trinajstić information content (AvgIpc) is 2.31. The Morgan fingerprint density at radius 3 is 2.50 bits per heavy atom. The SMILES string of the molecule is C=C.C=C(/C=C\C)OCc1ccccc1C. The molecule has 0 radical (unpaired) electrons. The lowest BCUT2D eigenvalue weighted by Crippen LogP contribution is -1.93. The fourth-order valence-electron chi connectivity index (χ4n) is 1.18. The van der Waals surface area contributed by atoms with Crippen LogP contribution in [0.25, 0.3) is 0 Å². The van der Waals surface area contributed by atoms with Crippen molar-refractivity contribution in [2.24, 2.45) is 0 Å². The zero-order valence-electron chi connectivity index (χ0n) is 10.2. The third kappa shape index (κ3) is 5.20. The van der Waals surface area contributed by atoms with Crippen LogP contribution in [-0.2, 0) is 11.3 Å². The van der Waals surface area contributed by atoms with E-state index in [0.29, 0.717) is 12.4 Å². The number of ether oxygens (including phenoxy) is 1. The first kappa shape index (κ1) is 14.2. The molecule has 0 bridgehead atoms. The fraction of sp³-hybridized carbons (Fsp3) is 0.200. The normalized spacial score (nSPS) is 9.38. The number of benzene rings is 1. The van der Waals surface area contributed by atoms with E-state index >= 15 is 0 Å². The van der Waals surface area contributed by atoms with Crippen LogP contribution >= 0.6 is 0 Å². The quantitative estimate of drug-likeness (QED) is 0.411. The van der Waals surface area contributed by atoms with Gasteiger partial charge in [0.25, 0.3) is 0 Å². The van der Waals surface area contributed by atoms with Crippen LogP contribution in [0.15, 0.2) is 61.9 Å². The van der Waals surface area contributed by atoms with Crippen LogP contribution in [-0.4, -0.2) is 0 Å². The van der Waals surface area contributed by atoms with Gasteiger partial charge in [-0.2, -0.15) is 0 Å². The van der Waals surface area contributed by atoms with Gasteiger partial charge < -0.3 is 4.74 Å². The Bertz CT molecular complexity index is 350. The summed E-state index contributed by atoms with van der Waals surface area (Å²) >= 11 is 0. The van der Waals surface area contributed by atoms with Crippen molar-refractivity contribution in [2.45, 2.75) is 20.5 Å². The zero-order valence-corrected chi connectivity index (χ0v) is 10.2. The van der Waals surface area contributed by atoms with Gasteiger partial charge in [-0.25, -0.2) is 0 Å². The van der Waals surface area contributed by atoms with E-state index in [4.69, 9.17) is 4.74 Å². The van der Waals surface area contributed by atoms with Crippen LogP contribution in [0.5, 0.6) is 0 Å². The smallest absolute Gasteiger partial charge is 0.114 e. The molecule has 0 atom stereocenters. The minimum atomic E-state index is 0.593. The van der Waals surface area contributed by atoms with Crippen molar-refractivity contribution < 1.29 is 4.74 Å². The lowest BCUT2D eigenvalue weighted by atomic mass is 10.1. The first-order chi connectivity index (χ1) is 7.74. The highest BCUT2D eigenvalue weighted by atomic mass is 16.5. The van der Waals surface area contributed by atoms with Crippen molar-refractivity contribution in [3.05, 3.63) is 73.0 Å². The van der Waals surface area contributed by atoms with Gasteiger partial charge in [0, 0.05) is 0 Å². The summed E-state index contributed by atoms with van der Waals surface area (Å²) < 4.78 is 5.47. The van der Waals surface area contributed by atoms with Crippen molar-refractivity contribution >= 4 is 0 Å². The summed E-state index contributed by atoms with van der Waals surface area (Å²) in [7, 11) is 0. The van der Waals surface area contributed by atoms with Gasteiger partial charge in [-0.3, -0.25) is 0 Å². The van der Waals surface area contributed by atoms with Crippen molar-refractivity contribution in [3.63, 3.8) is 0 Å². The minimum Gasteiger partial charge on any atom is -0.490 e. The molecule has 0 unspecified atom stereocenters. The minimum absolute atomic E-state index is 0.593. The Hall–Kier alpha value is -1.76. The molecule has 0 aliphatic rings. The van der Waals surface area contributed by atoms with E-state index in [1.54, 1.807) is 0 Å². The summed E-state index contributed by atoms with van der Waals surface area (Å²) in [6, 6.07) is 8.19. The van der Waals surface area contributed by atoms with E-state index < -0.39 is 0 Å². The van der Waals surface area contributed by atoms with Crippen LogP contribution < -0.4 is 0 Å². The molecule has 1 rings (SSSR count). The second kappa shape index (κ2) is 8.54. The lowest BCUT2D eigenvalue weighted by Gasteiger charge is -2.07. The first-order valence-corrected chi connectivity index (χ1v) is 5.23. The molecule has 1 heteroatoms. The predicted octanol–water partition coefficient (Wildman–Crippen LogP) is 4.40. The number of hydrogen-bond donors (Lipinski definition) is 0. The number of rotatable bonds is 4. The molecular weight excluding hydrogens is 196 g/mol. The maximum absolute atomic E-state index is 5.47. The van der Waals surface area contributed by atoms with Crippen LogP contribution in [0.3, 0.4) is 0 Å². The van der Waals surface area contributed by atoms with E-state index in [-0.39, 0.29) is 0 Å². The summed E-state index contributed by atoms with van der Waals surface area (Å²) in [5.74, 6) is 0.704. The fourth-order valence-corrected chi connectivity index (χ4v) is 1.18. The topological polar surface area (TPSA) is 9.23 Å². The third-order valence-corrected chi connectivity index (χ3v) is 2.03. The molecule has 0 heterocycles. The summed E-state index contributed by atoms with van der Waals surface area (Å²) in [5.41, 5.74) is 2.46. The average molecular weight is 216 g/mol. The molecule has 86 valence electrons. The van der Waals surface area contributed by atoms with E-state index in [1.165, 1.54) is 11.1 Å². The van der Waals surface area contributed by atoms with Gasteiger partial charge in [0.2, 0.25) is 0 Å². The van der Waals surface area contributed by atoms with E-state index in [2.05, 4.69) is 38.8 Å². The van der Waals surface area contributed by atoms with Gasteiger partial charge in [-0.05, 0) is 31.1 Å². The highest BCUT2D eigenvalue weighted by Crippen LogP contribution is 2.10. The van der Waals surface area contributed by atoms with Gasteiger partial charge in [-0.15, -0.1) is 13.2 Å². The molecule has 0 saturated carbocycles. The molecule has 1 aromatic rings. The largest absolute Gasteiger partial charge is 0.490 e. The van der Waals surface area contributed by atoms with E-state index in [9.17, 15) is 0 Å². The molecule has 16 heavy (non-hydrogen) atoms. The predicted molar refractivity (Wildman–Crippen MR) is 71.2 cm³/mol. The summed E-state index contributed by atoms with van der Waals surface area (Å²) in [4.78, 5) is 0. The highest BCUT2D eigenvalue weighted by molar-refractivity contribution is 5.25. The molecule has 0 aliphatic heterocycles. The maximum atomic E-state index is 5.47. The Morgan fingerprint density at radius 2 is 1.94 bits per heavy atom. The van der Waals surface area contributed by atoms with Crippen LogP contribution in [0, 0.1) is 6.92 Å². The molecule has 0 saturated heterocycles. The van der Waals surface area contributed by atoms with Crippen molar-refractivity contribution in [1.82, 2.24) is 0 Å². The third-order valence-electron chi connectivity index (χ3n) is 2.03. The van der Waals surface area contributed by atoms with Gasteiger partial charge >= 0.3 is 0 Å². The first-order valence-electron chi connectivity index (χ1n) is 5.23. The second-order valence-corrected chi connectivity index (χ2v) is 3.18. The maximum Gasteiger partial charge on any atom is 0.114 e. The molecule has 0 N–H and O–H groups in total. The lowest BCUT2D eigenvalue weighted by molar-refractivity contribution is 0.212.